The van der Waals surface area contributed by atoms with Crippen LogP contribution in [0.2, 0.25) is 0 Å². The van der Waals surface area contributed by atoms with Crippen LogP contribution in [-0.4, -0.2) is 118 Å². The molecule has 3 aromatic carbocycles. The van der Waals surface area contributed by atoms with E-state index in [4.69, 9.17) is 44.8 Å². The number of anilines is 1. The maximum absolute atomic E-state index is 17.6. The van der Waals surface area contributed by atoms with E-state index in [2.05, 4.69) is 15.8 Å². The highest BCUT2D eigenvalue weighted by atomic mass is 19.1. The predicted molar refractivity (Wildman–Crippen MR) is 240 cm³/mol. The molecule has 0 saturated carbocycles. The Labute approximate surface area is 384 Å². The van der Waals surface area contributed by atoms with Crippen LogP contribution in [0, 0.1) is 34.1 Å². The van der Waals surface area contributed by atoms with Crippen molar-refractivity contribution in [1.82, 2.24) is 24.8 Å². The van der Waals surface area contributed by atoms with E-state index in [1.807, 2.05) is 25.7 Å². The lowest BCUT2D eigenvalue weighted by Crippen LogP contribution is -2.57. The molecule has 350 valence electrons. The second kappa shape index (κ2) is 18.1. The summed E-state index contributed by atoms with van der Waals surface area (Å²) in [6, 6.07) is 10.5. The zero-order valence-electron chi connectivity index (χ0n) is 37.5. The van der Waals surface area contributed by atoms with Gasteiger partial charge in [-0.05, 0) is 102 Å². The summed E-state index contributed by atoms with van der Waals surface area (Å²) in [4.78, 5) is 56.9. The van der Waals surface area contributed by atoms with Crippen molar-refractivity contribution in [3.05, 3.63) is 82.0 Å². The third-order valence-electron chi connectivity index (χ3n) is 13.0. The zero-order chi connectivity index (χ0) is 47.2. The molecule has 0 N–H and O–H groups in total. The van der Waals surface area contributed by atoms with Crippen LogP contribution in [0.25, 0.3) is 32.9 Å². The molecule has 4 saturated heterocycles. The van der Waals surface area contributed by atoms with Gasteiger partial charge in [-0.25, -0.2) is 18.4 Å². The van der Waals surface area contributed by atoms with E-state index in [0.717, 1.165) is 25.7 Å². The fourth-order valence-electron chi connectivity index (χ4n) is 10.1. The number of nitro groups is 1. The molecule has 4 fully saturated rings. The number of carbonyl (C=O) groups excluding carboxylic acids is 2. The lowest BCUT2D eigenvalue weighted by atomic mass is 9.95. The number of hydrogen-bond acceptors (Lipinski definition) is 15. The van der Waals surface area contributed by atoms with Crippen LogP contribution in [0.15, 0.2) is 54.7 Å². The number of amides is 1. The van der Waals surface area contributed by atoms with Crippen molar-refractivity contribution < 1.29 is 51.7 Å². The van der Waals surface area contributed by atoms with Crippen molar-refractivity contribution in [2.24, 2.45) is 0 Å². The Bertz CT molecular complexity index is 2790. The molecule has 67 heavy (non-hydrogen) atoms. The number of halogens is 2. The molecule has 2 bridgehead atoms. The van der Waals surface area contributed by atoms with Gasteiger partial charge in [0.2, 0.25) is 0 Å². The fourth-order valence-corrected chi connectivity index (χ4v) is 10.1. The first-order valence-electron chi connectivity index (χ1n) is 22.1. The molecule has 0 spiro atoms. The summed E-state index contributed by atoms with van der Waals surface area (Å²) < 4.78 is 66.9. The van der Waals surface area contributed by atoms with E-state index in [1.54, 1.807) is 11.0 Å². The van der Waals surface area contributed by atoms with Gasteiger partial charge < -0.3 is 33.3 Å². The van der Waals surface area contributed by atoms with Crippen molar-refractivity contribution in [3.63, 3.8) is 0 Å². The molecule has 0 aliphatic carbocycles. The molecule has 1 amide bonds. The van der Waals surface area contributed by atoms with Crippen LogP contribution in [0.4, 0.5) is 29.9 Å². The van der Waals surface area contributed by atoms with Gasteiger partial charge in [-0.15, -0.1) is 6.42 Å². The normalized spacial score (nSPS) is 21.3. The number of ether oxygens (including phenoxy) is 6. The third-order valence-corrected chi connectivity index (χ3v) is 13.0. The minimum Gasteiger partial charge on any atom is -0.468 e. The number of terminal acetylenes is 1. The standard InChI is InChI=1S/C48H49F2N7O10/c1-6-35-38(49)15-8-28-20-34(65-27-62-5)21-36(39(28)35)41-40(50)42-37(22-51-41)43(54-23-30-9-10-31(24-54)56(30)45(58)67-47(2,3)4)53-44(52-42)64-26-48-17-7-19-55(48)32(16-18-48)25-63-46(59)66-33-13-11-29(12-14-33)57(60)61/h1,8,11-15,20-22,30-32H,7,9-10,16-19,23-27H2,2-5H3/t30?,31?,32-,48-/m1/s1. The van der Waals surface area contributed by atoms with Crippen molar-refractivity contribution in [3.8, 4) is 41.1 Å². The molecule has 0 radical (unpaired) electrons. The van der Waals surface area contributed by atoms with Crippen LogP contribution in [0.5, 0.6) is 17.5 Å². The molecular formula is C48H49F2N7O10. The van der Waals surface area contributed by atoms with E-state index >= 15 is 8.78 Å². The van der Waals surface area contributed by atoms with E-state index < -0.39 is 33.9 Å². The summed E-state index contributed by atoms with van der Waals surface area (Å²) in [7, 11) is 1.47. The largest absolute Gasteiger partial charge is 0.513 e. The number of nitrogens with zero attached hydrogens (tertiary/aromatic N) is 7. The summed E-state index contributed by atoms with van der Waals surface area (Å²) in [5.74, 6) is 1.75. The van der Waals surface area contributed by atoms with Crippen LogP contribution in [-0.2, 0) is 14.2 Å². The number of nitro benzene ring substituents is 1. The first-order valence-corrected chi connectivity index (χ1v) is 22.1. The monoisotopic (exact) mass is 921 g/mol. The Balaban J connectivity index is 1.04. The van der Waals surface area contributed by atoms with Crippen LogP contribution >= 0.6 is 0 Å². The lowest BCUT2D eigenvalue weighted by Gasteiger charge is -2.42. The predicted octanol–water partition coefficient (Wildman–Crippen LogP) is 8.17. The molecule has 2 aromatic heterocycles. The van der Waals surface area contributed by atoms with Gasteiger partial charge >= 0.3 is 18.3 Å². The summed E-state index contributed by atoms with van der Waals surface area (Å²) >= 11 is 0. The second-order valence-corrected chi connectivity index (χ2v) is 18.3. The first-order chi connectivity index (χ1) is 32.1. The van der Waals surface area contributed by atoms with Crippen LogP contribution < -0.4 is 19.1 Å². The Hall–Kier alpha value is -6.91. The van der Waals surface area contributed by atoms with E-state index in [-0.39, 0.29) is 89.4 Å². The van der Waals surface area contributed by atoms with Crippen molar-refractivity contribution in [2.45, 2.75) is 88.6 Å². The number of carbonyl (C=O) groups is 2. The Morgan fingerprint density at radius 2 is 1.76 bits per heavy atom. The fraction of sp³-hybridized carbons (Fsp3) is 0.438. The van der Waals surface area contributed by atoms with Gasteiger partial charge in [0.05, 0.1) is 33.5 Å². The Kier molecular flexibility index (Phi) is 12.2. The third kappa shape index (κ3) is 8.90. The van der Waals surface area contributed by atoms with Crippen molar-refractivity contribution in [2.75, 3.05) is 51.7 Å². The van der Waals surface area contributed by atoms with Crippen molar-refractivity contribution >= 4 is 45.4 Å². The number of hydrogen-bond donors (Lipinski definition) is 0. The number of piperazine rings is 1. The number of aromatic nitrogens is 3. The van der Waals surface area contributed by atoms with E-state index in [0.29, 0.717) is 54.8 Å². The van der Waals surface area contributed by atoms with Gasteiger partial charge in [0.1, 0.15) is 53.2 Å². The zero-order valence-corrected chi connectivity index (χ0v) is 37.5. The molecule has 19 heteroatoms. The number of pyridine rings is 1. The quantitative estimate of drug-likeness (QED) is 0.0292. The average molecular weight is 922 g/mol. The topological polar surface area (TPSA) is 181 Å². The molecule has 4 atom stereocenters. The molecule has 5 aromatic rings. The van der Waals surface area contributed by atoms with Gasteiger partial charge in [-0.1, -0.05) is 12.0 Å². The number of methoxy groups -OCH3 is 1. The highest BCUT2D eigenvalue weighted by molar-refractivity contribution is 6.03. The second-order valence-electron chi connectivity index (χ2n) is 18.3. The van der Waals surface area contributed by atoms with Gasteiger partial charge in [-0.2, -0.15) is 9.97 Å². The van der Waals surface area contributed by atoms with Gasteiger partial charge in [0.15, 0.2) is 12.6 Å². The highest BCUT2D eigenvalue weighted by Gasteiger charge is 2.50. The molecule has 4 aliphatic rings. The number of benzene rings is 3. The molecule has 17 nitrogen and oxygen atoms in total. The lowest BCUT2D eigenvalue weighted by molar-refractivity contribution is -0.384. The molecule has 4 aliphatic heterocycles. The molecule has 2 unspecified atom stereocenters. The maximum atomic E-state index is 17.6. The van der Waals surface area contributed by atoms with Gasteiger partial charge in [-0.3, -0.25) is 24.9 Å². The first kappa shape index (κ1) is 45.3. The number of fused-ring (bicyclic) bond motifs is 5. The van der Waals surface area contributed by atoms with Crippen LogP contribution in [0.1, 0.15) is 64.9 Å². The average Bonchev–Trinajstić information content (AvgIpc) is 3.95. The summed E-state index contributed by atoms with van der Waals surface area (Å²) in [6.45, 7) is 7.05. The minimum absolute atomic E-state index is 0.0421. The van der Waals surface area contributed by atoms with E-state index in [9.17, 15) is 19.7 Å². The molecule has 6 heterocycles. The van der Waals surface area contributed by atoms with Crippen LogP contribution in [0.3, 0.4) is 0 Å². The SMILES string of the molecule is C#Cc1c(F)ccc2cc(OCOC)cc(-c3ncc4c(N5CC6CCC(C5)N6C(=O)OC(C)(C)C)nc(OC[C@]56CCCN5[C@@H](COC(=O)Oc5ccc([N+](=O)[O-])cc5)CC6)nc4c3F)c12. The van der Waals surface area contributed by atoms with Gasteiger partial charge in [0, 0.05) is 55.5 Å². The van der Waals surface area contributed by atoms with Gasteiger partial charge in [0.25, 0.3) is 5.69 Å². The number of rotatable bonds is 12. The molecule has 9 rings (SSSR count). The smallest absolute Gasteiger partial charge is 0.468 e. The van der Waals surface area contributed by atoms with Crippen molar-refractivity contribution in [1.29, 1.82) is 0 Å². The number of non-ortho nitro benzene ring substituents is 1. The Morgan fingerprint density at radius 3 is 2.46 bits per heavy atom. The summed E-state index contributed by atoms with van der Waals surface area (Å²) in [5.41, 5.74) is -1.42. The maximum Gasteiger partial charge on any atom is 0.513 e. The Morgan fingerprint density at radius 1 is 1.00 bits per heavy atom. The minimum atomic E-state index is -0.932. The van der Waals surface area contributed by atoms with E-state index in [1.165, 1.54) is 55.8 Å². The molecular weight excluding hydrogens is 873 g/mol. The summed E-state index contributed by atoms with van der Waals surface area (Å²) in [6.07, 6.45) is 10.5. The highest BCUT2D eigenvalue weighted by Crippen LogP contribution is 2.44. The summed E-state index contributed by atoms with van der Waals surface area (Å²) in [5, 5.41) is 12.1.